The van der Waals surface area contributed by atoms with Gasteiger partial charge in [0, 0.05) is 18.3 Å². The van der Waals surface area contributed by atoms with Crippen LogP contribution in [0.5, 0.6) is 5.88 Å². The molecule has 0 radical (unpaired) electrons. The Hall–Kier alpha value is -1.09. The van der Waals surface area contributed by atoms with E-state index in [0.29, 0.717) is 6.04 Å². The molecule has 1 aromatic rings. The number of nitrogens with zero attached hydrogens (tertiary/aromatic N) is 2. The van der Waals surface area contributed by atoms with E-state index in [-0.39, 0.29) is 6.10 Å². The summed E-state index contributed by atoms with van der Waals surface area (Å²) < 4.78 is 5.60. The first-order chi connectivity index (χ1) is 9.20. The van der Waals surface area contributed by atoms with Crippen LogP contribution in [0.4, 0.5) is 0 Å². The molecule has 0 N–H and O–H groups in total. The predicted molar refractivity (Wildman–Crippen MR) is 78.5 cm³/mol. The summed E-state index contributed by atoms with van der Waals surface area (Å²) in [4.78, 5) is 7.03. The lowest BCUT2D eigenvalue weighted by molar-refractivity contribution is 0.231. The van der Waals surface area contributed by atoms with Crippen LogP contribution in [0.25, 0.3) is 0 Å². The van der Waals surface area contributed by atoms with Gasteiger partial charge in [0.15, 0.2) is 0 Å². The van der Waals surface area contributed by atoms with Crippen LogP contribution < -0.4 is 4.74 Å². The van der Waals surface area contributed by atoms with Crippen molar-refractivity contribution in [3.63, 3.8) is 0 Å². The molecule has 3 nitrogen and oxygen atoms in total. The molecule has 1 unspecified atom stereocenters. The number of likely N-dealkylation sites (tertiary alicyclic amines) is 1. The molecule has 2 heterocycles. The summed E-state index contributed by atoms with van der Waals surface area (Å²) >= 11 is 0. The van der Waals surface area contributed by atoms with E-state index in [4.69, 9.17) is 4.74 Å². The second-order valence-electron chi connectivity index (χ2n) is 5.64. The Morgan fingerprint density at radius 3 is 2.89 bits per heavy atom. The first-order valence-corrected chi connectivity index (χ1v) is 7.57. The third-order valence-electron chi connectivity index (χ3n) is 3.66. The molecule has 0 saturated carbocycles. The Bertz CT molecular complexity index is 375. The van der Waals surface area contributed by atoms with Crippen molar-refractivity contribution in [2.24, 2.45) is 0 Å². The van der Waals surface area contributed by atoms with Gasteiger partial charge in [0.2, 0.25) is 5.88 Å². The molecule has 0 spiro atoms. The fourth-order valence-electron chi connectivity index (χ4n) is 2.73. The molecular formula is C16H26N2O. The molecule has 0 amide bonds. The molecular weight excluding hydrogens is 236 g/mol. The van der Waals surface area contributed by atoms with Crippen molar-refractivity contribution >= 4 is 0 Å². The van der Waals surface area contributed by atoms with E-state index >= 15 is 0 Å². The lowest BCUT2D eigenvalue weighted by atomic mass is 10.1. The van der Waals surface area contributed by atoms with Gasteiger partial charge in [0.25, 0.3) is 0 Å². The normalized spacial score (nSPS) is 20.1. The van der Waals surface area contributed by atoms with Gasteiger partial charge in [-0.25, -0.2) is 4.98 Å². The summed E-state index contributed by atoms with van der Waals surface area (Å²) in [5, 5.41) is 0. The molecule has 19 heavy (non-hydrogen) atoms. The Balaban J connectivity index is 2.00. The summed E-state index contributed by atoms with van der Waals surface area (Å²) in [6.45, 7) is 8.75. The second kappa shape index (κ2) is 6.90. The van der Waals surface area contributed by atoms with Crippen LogP contribution in [-0.2, 0) is 0 Å². The highest BCUT2D eigenvalue weighted by Gasteiger charge is 2.25. The smallest absolute Gasteiger partial charge is 0.213 e. The van der Waals surface area contributed by atoms with Crippen molar-refractivity contribution in [1.82, 2.24) is 9.88 Å². The van der Waals surface area contributed by atoms with Crippen LogP contribution in [0.1, 0.15) is 58.1 Å². The second-order valence-corrected chi connectivity index (χ2v) is 5.64. The maximum atomic E-state index is 5.60. The van der Waals surface area contributed by atoms with Crippen molar-refractivity contribution in [2.75, 3.05) is 13.1 Å². The van der Waals surface area contributed by atoms with Crippen LogP contribution >= 0.6 is 0 Å². The number of ether oxygens (including phenoxy) is 1. The third kappa shape index (κ3) is 3.93. The number of aromatic nitrogens is 1. The molecule has 1 fully saturated rings. The highest BCUT2D eigenvalue weighted by Crippen LogP contribution is 2.32. The lowest BCUT2D eigenvalue weighted by Crippen LogP contribution is -2.24. The van der Waals surface area contributed by atoms with Gasteiger partial charge in [-0.3, -0.25) is 4.90 Å². The van der Waals surface area contributed by atoms with Gasteiger partial charge in [0.1, 0.15) is 0 Å². The minimum absolute atomic E-state index is 0.186. The first kappa shape index (κ1) is 14.3. The van der Waals surface area contributed by atoms with Gasteiger partial charge >= 0.3 is 0 Å². The van der Waals surface area contributed by atoms with E-state index in [2.05, 4.69) is 22.9 Å². The van der Waals surface area contributed by atoms with E-state index < -0.39 is 0 Å². The van der Waals surface area contributed by atoms with Gasteiger partial charge in [-0.2, -0.15) is 0 Å². The zero-order valence-corrected chi connectivity index (χ0v) is 12.4. The first-order valence-electron chi connectivity index (χ1n) is 7.57. The fraction of sp³-hybridized carbons (Fsp3) is 0.688. The van der Waals surface area contributed by atoms with E-state index in [1.54, 1.807) is 0 Å². The maximum absolute atomic E-state index is 5.60. The van der Waals surface area contributed by atoms with Crippen molar-refractivity contribution < 1.29 is 4.74 Å². The fourth-order valence-corrected chi connectivity index (χ4v) is 2.73. The molecule has 1 saturated heterocycles. The summed E-state index contributed by atoms with van der Waals surface area (Å²) in [6.07, 6.45) is 7.30. The maximum Gasteiger partial charge on any atom is 0.213 e. The standard InChI is InChI=1S/C16H26N2O/c1-4-5-10-18-11-6-7-15(18)14-8-9-16(17-12-14)19-13(2)3/h8-9,12-13,15H,4-7,10-11H2,1-3H3. The minimum Gasteiger partial charge on any atom is -0.475 e. The van der Waals surface area contributed by atoms with Gasteiger partial charge in [0.05, 0.1) is 6.10 Å². The van der Waals surface area contributed by atoms with Crippen LogP contribution in [0.2, 0.25) is 0 Å². The van der Waals surface area contributed by atoms with E-state index in [1.807, 2.05) is 26.1 Å². The van der Waals surface area contributed by atoms with E-state index in [1.165, 1.54) is 44.3 Å². The zero-order valence-electron chi connectivity index (χ0n) is 12.4. The summed E-state index contributed by atoms with van der Waals surface area (Å²) in [6, 6.07) is 4.75. The van der Waals surface area contributed by atoms with Gasteiger partial charge < -0.3 is 4.74 Å². The minimum atomic E-state index is 0.186. The number of hydrogen-bond donors (Lipinski definition) is 0. The largest absolute Gasteiger partial charge is 0.475 e. The Morgan fingerprint density at radius 1 is 1.42 bits per heavy atom. The molecule has 2 rings (SSSR count). The monoisotopic (exact) mass is 262 g/mol. The summed E-state index contributed by atoms with van der Waals surface area (Å²) in [5.41, 5.74) is 1.34. The van der Waals surface area contributed by atoms with Gasteiger partial charge in [-0.15, -0.1) is 0 Å². The van der Waals surface area contributed by atoms with Crippen LogP contribution in [0.3, 0.4) is 0 Å². The van der Waals surface area contributed by atoms with Crippen LogP contribution in [0.15, 0.2) is 18.3 Å². The topological polar surface area (TPSA) is 25.4 Å². The van der Waals surface area contributed by atoms with Crippen molar-refractivity contribution in [3.8, 4) is 5.88 Å². The molecule has 1 aliphatic heterocycles. The molecule has 0 bridgehead atoms. The molecule has 0 aliphatic carbocycles. The highest BCUT2D eigenvalue weighted by atomic mass is 16.5. The SMILES string of the molecule is CCCCN1CCCC1c1ccc(OC(C)C)nc1. The van der Waals surface area contributed by atoms with Crippen LogP contribution in [0, 0.1) is 0 Å². The average molecular weight is 262 g/mol. The Kier molecular flexibility index (Phi) is 5.20. The number of hydrogen-bond acceptors (Lipinski definition) is 3. The third-order valence-corrected chi connectivity index (χ3v) is 3.66. The molecule has 3 heteroatoms. The summed E-state index contributed by atoms with van der Waals surface area (Å²) in [7, 11) is 0. The van der Waals surface area contributed by atoms with Gasteiger partial charge in [-0.1, -0.05) is 19.4 Å². The molecule has 0 aromatic carbocycles. The molecule has 1 aliphatic rings. The molecule has 1 atom stereocenters. The van der Waals surface area contributed by atoms with Gasteiger partial charge in [-0.05, 0) is 51.8 Å². The Morgan fingerprint density at radius 2 is 2.26 bits per heavy atom. The molecule has 106 valence electrons. The van der Waals surface area contributed by atoms with Crippen LogP contribution in [-0.4, -0.2) is 29.1 Å². The van der Waals surface area contributed by atoms with E-state index in [9.17, 15) is 0 Å². The number of unbranched alkanes of at least 4 members (excludes halogenated alkanes) is 1. The highest BCUT2D eigenvalue weighted by molar-refractivity contribution is 5.21. The zero-order chi connectivity index (χ0) is 13.7. The van der Waals surface area contributed by atoms with Crippen molar-refractivity contribution in [3.05, 3.63) is 23.9 Å². The Labute approximate surface area is 117 Å². The number of pyridine rings is 1. The summed E-state index contributed by atoms with van der Waals surface area (Å²) in [5.74, 6) is 0.733. The predicted octanol–water partition coefficient (Wildman–Crippen LogP) is 3.81. The lowest BCUT2D eigenvalue weighted by Gasteiger charge is -2.24. The van der Waals surface area contributed by atoms with Crippen molar-refractivity contribution in [1.29, 1.82) is 0 Å². The quantitative estimate of drug-likeness (QED) is 0.779. The number of rotatable bonds is 6. The van der Waals surface area contributed by atoms with Crippen molar-refractivity contribution in [2.45, 2.75) is 58.6 Å². The van der Waals surface area contributed by atoms with E-state index in [0.717, 1.165) is 5.88 Å². The molecule has 1 aromatic heterocycles. The average Bonchev–Trinajstić information content (AvgIpc) is 2.85.